The summed E-state index contributed by atoms with van der Waals surface area (Å²) in [5.74, 6) is 0.289. The minimum Gasteiger partial charge on any atom is -0.684 e. The number of para-hydroxylation sites is 1. The minimum absolute atomic E-state index is 0. The second-order valence-electron chi connectivity index (χ2n) is 11.0. The topological polar surface area (TPSA) is 55.0 Å². The molecule has 4 aromatic carbocycles. The van der Waals surface area contributed by atoms with Crippen LogP contribution in [0.4, 0.5) is 5.69 Å². The molecular formula is C37H30N3OSY-. The SMILES string of the molecule is C1=CCC(n2c3ccccc3c3ccc4c5c([nH]c4c32)C=CCC5)C=C1.C[N-]c1ccc2sc3ccccc3c2c1O.[Y]. The molecule has 43 heavy (non-hydrogen) atoms. The van der Waals surface area contributed by atoms with Crippen LogP contribution in [0.5, 0.6) is 5.75 Å². The summed E-state index contributed by atoms with van der Waals surface area (Å²) >= 11 is 1.69. The van der Waals surface area contributed by atoms with Crippen LogP contribution in [0, 0.1) is 0 Å². The van der Waals surface area contributed by atoms with E-state index in [1.807, 2.05) is 30.3 Å². The summed E-state index contributed by atoms with van der Waals surface area (Å²) in [7, 11) is 1.69. The van der Waals surface area contributed by atoms with Gasteiger partial charge in [-0.2, -0.15) is 0 Å². The number of hydrogen-bond acceptors (Lipinski definition) is 2. The van der Waals surface area contributed by atoms with Crippen molar-refractivity contribution in [2.45, 2.75) is 25.3 Å². The molecule has 9 rings (SSSR count). The van der Waals surface area contributed by atoms with Gasteiger partial charge in [0.25, 0.3) is 0 Å². The van der Waals surface area contributed by atoms with Crippen LogP contribution < -0.4 is 0 Å². The van der Waals surface area contributed by atoms with Crippen LogP contribution in [-0.4, -0.2) is 21.7 Å². The van der Waals surface area contributed by atoms with E-state index in [0.717, 1.165) is 34.7 Å². The van der Waals surface area contributed by atoms with E-state index in [1.165, 1.54) is 48.7 Å². The molecule has 2 aliphatic carbocycles. The van der Waals surface area contributed by atoms with E-state index in [1.54, 1.807) is 18.4 Å². The van der Waals surface area contributed by atoms with Crippen molar-refractivity contribution in [1.29, 1.82) is 0 Å². The van der Waals surface area contributed by atoms with Gasteiger partial charge in [0, 0.05) is 80.3 Å². The molecular weight excluding hydrogens is 623 g/mol. The summed E-state index contributed by atoms with van der Waals surface area (Å²) in [6.07, 6.45) is 16.8. The van der Waals surface area contributed by atoms with E-state index in [9.17, 15) is 5.11 Å². The van der Waals surface area contributed by atoms with E-state index in [-0.39, 0.29) is 38.5 Å². The Kier molecular flexibility index (Phi) is 7.50. The normalized spacial score (nSPS) is 15.6. The van der Waals surface area contributed by atoms with Crippen molar-refractivity contribution in [2.75, 3.05) is 7.05 Å². The van der Waals surface area contributed by atoms with Gasteiger partial charge in [-0.25, -0.2) is 0 Å². The number of phenolic OH excluding ortho intramolecular Hbond substituents is 1. The molecule has 7 aromatic rings. The van der Waals surface area contributed by atoms with Crippen LogP contribution in [0.25, 0.3) is 64.3 Å². The molecule has 209 valence electrons. The molecule has 2 N–H and O–H groups in total. The number of aromatic amines is 1. The Balaban J connectivity index is 0.000000153. The maximum absolute atomic E-state index is 10.1. The van der Waals surface area contributed by atoms with E-state index >= 15 is 0 Å². The van der Waals surface area contributed by atoms with Gasteiger partial charge in [0.2, 0.25) is 0 Å². The predicted octanol–water partition coefficient (Wildman–Crippen LogP) is 10.7. The van der Waals surface area contributed by atoms with E-state index < -0.39 is 0 Å². The first-order valence-corrected chi connectivity index (χ1v) is 15.3. The van der Waals surface area contributed by atoms with Crippen molar-refractivity contribution in [1.82, 2.24) is 9.55 Å². The number of H-pyrrole nitrogens is 1. The van der Waals surface area contributed by atoms with Gasteiger partial charge in [0.1, 0.15) is 5.75 Å². The third-order valence-corrected chi connectivity index (χ3v) is 9.79. The fraction of sp³-hybridized carbons (Fsp3) is 0.135. The Labute approximate surface area is 279 Å². The van der Waals surface area contributed by atoms with Crippen LogP contribution in [0.1, 0.15) is 30.1 Å². The number of hydrogen-bond donors (Lipinski definition) is 2. The van der Waals surface area contributed by atoms with Crippen LogP contribution >= 0.6 is 11.3 Å². The van der Waals surface area contributed by atoms with Crippen molar-refractivity contribution in [3.63, 3.8) is 0 Å². The number of aryl methyl sites for hydroxylation is 1. The Morgan fingerprint density at radius 1 is 0.860 bits per heavy atom. The van der Waals surface area contributed by atoms with Crippen LogP contribution in [0.15, 0.2) is 103 Å². The van der Waals surface area contributed by atoms with Crippen LogP contribution in [0.3, 0.4) is 0 Å². The van der Waals surface area contributed by atoms with E-state index in [2.05, 4.69) is 93.8 Å². The molecule has 0 spiro atoms. The van der Waals surface area contributed by atoms with Gasteiger partial charge in [0.05, 0.1) is 17.1 Å². The number of rotatable bonds is 2. The maximum Gasteiger partial charge on any atom is 0.110 e. The van der Waals surface area contributed by atoms with Crippen molar-refractivity contribution in [2.24, 2.45) is 0 Å². The number of phenols is 1. The first-order chi connectivity index (χ1) is 20.7. The fourth-order valence-corrected chi connectivity index (χ4v) is 7.84. The molecule has 4 nitrogen and oxygen atoms in total. The molecule has 0 saturated heterocycles. The number of allylic oxidation sites excluding steroid dienone is 5. The summed E-state index contributed by atoms with van der Waals surface area (Å²) < 4.78 is 4.84. The van der Waals surface area contributed by atoms with Gasteiger partial charge in [-0.1, -0.05) is 90.7 Å². The largest absolute Gasteiger partial charge is 0.684 e. The van der Waals surface area contributed by atoms with E-state index in [0.29, 0.717) is 11.7 Å². The molecule has 3 heterocycles. The molecule has 0 fully saturated rings. The Morgan fingerprint density at radius 3 is 2.51 bits per heavy atom. The fourth-order valence-electron chi connectivity index (χ4n) is 6.74. The Bertz CT molecular complexity index is 2250. The summed E-state index contributed by atoms with van der Waals surface area (Å²) in [6, 6.07) is 25.8. The van der Waals surface area contributed by atoms with Crippen molar-refractivity contribution in [3.05, 3.63) is 120 Å². The molecule has 0 bridgehead atoms. The zero-order valence-electron chi connectivity index (χ0n) is 23.9. The zero-order chi connectivity index (χ0) is 28.2. The average Bonchev–Trinajstić information content (AvgIpc) is 3.72. The number of aromatic hydroxyl groups is 1. The molecule has 6 heteroatoms. The summed E-state index contributed by atoms with van der Waals surface area (Å²) in [6.45, 7) is 0. The van der Waals surface area contributed by atoms with Crippen molar-refractivity contribution < 1.29 is 37.8 Å². The molecule has 1 unspecified atom stereocenters. The zero-order valence-corrected chi connectivity index (χ0v) is 27.6. The molecule has 1 radical (unpaired) electrons. The standard InChI is InChI=1S/C24H20N2.C13H10NOS.Y/c1-2-8-16(9-3-1)26-22-13-7-5-11-18(22)20-15-14-19-17-10-4-6-12-21(17)25-23(19)24(20)26;1-14-9-6-7-11-12(13(9)15)8-4-2-3-5-10(8)16-11;/h1-3,5-8,11-16,25H,4,9-10H2;2-7,15H,1H3;/q;-1;. The second kappa shape index (κ2) is 11.5. The third kappa shape index (κ3) is 4.57. The molecule has 3 aromatic heterocycles. The number of nitrogens with zero attached hydrogens (tertiary/aromatic N) is 2. The predicted molar refractivity (Wildman–Crippen MR) is 181 cm³/mol. The Hall–Kier alpha value is -3.64. The molecule has 0 saturated carbocycles. The Morgan fingerprint density at radius 2 is 1.67 bits per heavy atom. The number of fused-ring (bicyclic) bond motifs is 10. The smallest absolute Gasteiger partial charge is 0.110 e. The number of aromatic nitrogens is 2. The summed E-state index contributed by atoms with van der Waals surface area (Å²) in [5, 5.41) is 20.3. The van der Waals surface area contributed by atoms with Crippen LogP contribution in [0.2, 0.25) is 0 Å². The van der Waals surface area contributed by atoms with Crippen molar-refractivity contribution >= 4 is 76.0 Å². The van der Waals surface area contributed by atoms with Gasteiger partial charge in [-0.15, -0.1) is 18.4 Å². The molecule has 0 aliphatic heterocycles. The third-order valence-electron chi connectivity index (χ3n) is 8.65. The molecule has 1 atom stereocenters. The quantitative estimate of drug-likeness (QED) is 0.192. The number of thiophene rings is 1. The van der Waals surface area contributed by atoms with Gasteiger partial charge in [-0.3, -0.25) is 0 Å². The summed E-state index contributed by atoms with van der Waals surface area (Å²) in [4.78, 5) is 3.75. The minimum atomic E-state index is 0. The monoisotopic (exact) mass is 653 g/mol. The first kappa shape index (κ1) is 28.2. The molecule has 0 amide bonds. The van der Waals surface area contributed by atoms with Gasteiger partial charge in [-0.05, 0) is 49.1 Å². The molecule has 2 aliphatic rings. The average molecular weight is 654 g/mol. The number of nitrogens with one attached hydrogen (secondary N) is 1. The maximum atomic E-state index is 10.1. The van der Waals surface area contributed by atoms with Crippen molar-refractivity contribution in [3.8, 4) is 5.75 Å². The van der Waals surface area contributed by atoms with Gasteiger partial charge >= 0.3 is 0 Å². The second-order valence-corrected chi connectivity index (χ2v) is 12.1. The van der Waals surface area contributed by atoms with Gasteiger partial charge < -0.3 is 20.0 Å². The number of benzene rings is 4. The summed E-state index contributed by atoms with van der Waals surface area (Å²) in [5.41, 5.74) is 7.36. The first-order valence-electron chi connectivity index (χ1n) is 14.5. The van der Waals surface area contributed by atoms with Gasteiger partial charge in [0.15, 0.2) is 0 Å². The van der Waals surface area contributed by atoms with E-state index in [4.69, 9.17) is 0 Å². The van der Waals surface area contributed by atoms with Crippen LogP contribution in [-0.2, 0) is 39.1 Å².